The molecule has 0 amide bonds. The van der Waals surface area contributed by atoms with Gasteiger partial charge in [-0.25, -0.2) is 14.6 Å². The van der Waals surface area contributed by atoms with E-state index in [-0.39, 0.29) is 30.0 Å². The van der Waals surface area contributed by atoms with E-state index in [2.05, 4.69) is 4.98 Å². The van der Waals surface area contributed by atoms with Gasteiger partial charge in [0.25, 0.3) is 0 Å². The van der Waals surface area contributed by atoms with Gasteiger partial charge in [0.05, 0.1) is 6.54 Å². The number of carboxylic acids is 2. The van der Waals surface area contributed by atoms with Crippen molar-refractivity contribution >= 4 is 35.3 Å². The normalized spacial score (nSPS) is 13.8. The molecule has 3 rings (SSSR count). The average molecular weight is 439 g/mol. The van der Waals surface area contributed by atoms with Gasteiger partial charge in [-0.05, 0) is 23.5 Å². The van der Waals surface area contributed by atoms with Crippen LogP contribution in [-0.4, -0.2) is 38.5 Å². The summed E-state index contributed by atoms with van der Waals surface area (Å²) in [6.07, 6.45) is 1.69. The summed E-state index contributed by atoms with van der Waals surface area (Å²) in [6.45, 7) is 4.21. The van der Waals surface area contributed by atoms with Gasteiger partial charge in [0.1, 0.15) is 10.9 Å². The van der Waals surface area contributed by atoms with Crippen LogP contribution in [0.1, 0.15) is 48.1 Å². The van der Waals surface area contributed by atoms with Crippen LogP contribution < -0.4 is 9.47 Å². The summed E-state index contributed by atoms with van der Waals surface area (Å²) >= 11 is 7.33. The molecular formula is C19H19ClN2O6S. The van der Waals surface area contributed by atoms with Crippen LogP contribution in [0.2, 0.25) is 5.02 Å². The maximum absolute atomic E-state index is 12.0. The number of imidazole rings is 1. The van der Waals surface area contributed by atoms with Gasteiger partial charge in [-0.15, -0.1) is 0 Å². The van der Waals surface area contributed by atoms with Crippen molar-refractivity contribution in [2.75, 3.05) is 6.79 Å². The number of hydrogen-bond acceptors (Lipinski definition) is 6. The highest BCUT2D eigenvalue weighted by Gasteiger charge is 2.26. The lowest BCUT2D eigenvalue weighted by Gasteiger charge is -2.15. The van der Waals surface area contributed by atoms with E-state index in [1.165, 1.54) is 5.41 Å². The third-order valence-corrected chi connectivity index (χ3v) is 5.61. The summed E-state index contributed by atoms with van der Waals surface area (Å²) in [5.41, 5.74) is 0.645. The van der Waals surface area contributed by atoms with Gasteiger partial charge in [-0.3, -0.25) is 0 Å². The maximum Gasteiger partial charge on any atom is 0.355 e. The molecule has 0 radical (unpaired) electrons. The maximum atomic E-state index is 12.0. The molecule has 0 bridgehead atoms. The van der Waals surface area contributed by atoms with Crippen LogP contribution in [0, 0.1) is 0 Å². The van der Waals surface area contributed by atoms with Crippen LogP contribution in [0.15, 0.2) is 28.6 Å². The molecule has 1 aliphatic rings. The van der Waals surface area contributed by atoms with Crippen molar-refractivity contribution in [2.24, 2.45) is 0 Å². The minimum absolute atomic E-state index is 0.0151. The van der Waals surface area contributed by atoms with Gasteiger partial charge in [-0.1, -0.05) is 37.2 Å². The Bertz CT molecular complexity index is 988. The number of rotatable bonds is 8. The predicted octanol–water partition coefficient (Wildman–Crippen LogP) is 4.22. The molecule has 1 aliphatic heterocycles. The lowest BCUT2D eigenvalue weighted by atomic mass is 10.1. The monoisotopic (exact) mass is 438 g/mol. The van der Waals surface area contributed by atoms with Gasteiger partial charge in [0.2, 0.25) is 6.79 Å². The summed E-state index contributed by atoms with van der Waals surface area (Å²) in [5, 5.41) is 20.6. The SMILES string of the molecule is CCC(C)c1nc(SC=CC(=O)O)c(C(=O)O)n1Cc1cc2c(cc1Cl)OCO2. The number of carboxylic acid groups (broad SMARTS) is 2. The molecule has 2 aromatic rings. The Morgan fingerprint density at radius 2 is 2.03 bits per heavy atom. The topological polar surface area (TPSA) is 111 Å². The number of benzene rings is 1. The van der Waals surface area contributed by atoms with Crippen molar-refractivity contribution in [3.8, 4) is 11.5 Å². The highest BCUT2D eigenvalue weighted by molar-refractivity contribution is 8.02. The molecule has 154 valence electrons. The lowest BCUT2D eigenvalue weighted by Crippen LogP contribution is -2.14. The molecule has 0 saturated carbocycles. The Morgan fingerprint density at radius 1 is 1.34 bits per heavy atom. The Morgan fingerprint density at radius 3 is 2.66 bits per heavy atom. The van der Waals surface area contributed by atoms with Crippen molar-refractivity contribution in [3.05, 3.63) is 45.7 Å². The molecule has 1 unspecified atom stereocenters. The molecule has 2 N–H and O–H groups in total. The number of nitrogens with zero attached hydrogens (tertiary/aromatic N) is 2. The fraction of sp³-hybridized carbons (Fsp3) is 0.316. The molecule has 29 heavy (non-hydrogen) atoms. The molecule has 1 aromatic heterocycles. The quantitative estimate of drug-likeness (QED) is 0.465. The smallest absolute Gasteiger partial charge is 0.355 e. The number of hydrogen-bond donors (Lipinski definition) is 2. The van der Waals surface area contributed by atoms with E-state index < -0.39 is 11.9 Å². The Balaban J connectivity index is 2.07. The second kappa shape index (κ2) is 8.79. The van der Waals surface area contributed by atoms with Crippen molar-refractivity contribution < 1.29 is 29.3 Å². The zero-order valence-electron chi connectivity index (χ0n) is 15.7. The van der Waals surface area contributed by atoms with E-state index in [4.69, 9.17) is 26.2 Å². The van der Waals surface area contributed by atoms with E-state index in [1.54, 1.807) is 16.7 Å². The van der Waals surface area contributed by atoms with E-state index in [0.29, 0.717) is 27.9 Å². The number of thioether (sulfide) groups is 1. The van der Waals surface area contributed by atoms with Gasteiger partial charge >= 0.3 is 11.9 Å². The summed E-state index contributed by atoms with van der Waals surface area (Å²) in [5.74, 6) is -0.618. The van der Waals surface area contributed by atoms with Gasteiger partial charge in [0.15, 0.2) is 17.2 Å². The minimum atomic E-state index is -1.16. The number of fused-ring (bicyclic) bond motifs is 1. The molecule has 0 saturated heterocycles. The molecule has 0 fully saturated rings. The van der Waals surface area contributed by atoms with Crippen LogP contribution in [0.4, 0.5) is 0 Å². The molecule has 0 aliphatic carbocycles. The molecule has 2 heterocycles. The molecule has 10 heteroatoms. The Kier molecular flexibility index (Phi) is 6.39. The summed E-state index contributed by atoms with van der Waals surface area (Å²) in [4.78, 5) is 27.3. The Labute approximate surface area is 176 Å². The van der Waals surface area contributed by atoms with Crippen molar-refractivity contribution in [1.82, 2.24) is 9.55 Å². The number of aromatic carboxylic acids is 1. The molecule has 0 spiro atoms. The number of aliphatic carboxylic acids is 1. The largest absolute Gasteiger partial charge is 0.478 e. The number of aromatic nitrogens is 2. The van der Waals surface area contributed by atoms with Crippen molar-refractivity contribution in [1.29, 1.82) is 0 Å². The Hall–Kier alpha value is -2.65. The van der Waals surface area contributed by atoms with E-state index >= 15 is 0 Å². The van der Waals surface area contributed by atoms with E-state index in [0.717, 1.165) is 24.3 Å². The first-order chi connectivity index (χ1) is 13.8. The number of carbonyl (C=O) groups is 2. The number of ether oxygens (including phenoxy) is 2. The van der Waals surface area contributed by atoms with Crippen molar-refractivity contribution in [3.63, 3.8) is 0 Å². The minimum Gasteiger partial charge on any atom is -0.478 e. The van der Waals surface area contributed by atoms with Gasteiger partial charge in [0, 0.05) is 23.1 Å². The summed E-state index contributed by atoms with van der Waals surface area (Å²) in [6, 6.07) is 3.37. The molecule has 1 atom stereocenters. The van der Waals surface area contributed by atoms with Crippen LogP contribution in [0.5, 0.6) is 11.5 Å². The second-order valence-corrected chi connectivity index (χ2v) is 7.68. The highest BCUT2D eigenvalue weighted by Crippen LogP contribution is 2.38. The van der Waals surface area contributed by atoms with E-state index in [9.17, 15) is 14.7 Å². The third kappa shape index (κ3) is 4.51. The highest BCUT2D eigenvalue weighted by atomic mass is 35.5. The van der Waals surface area contributed by atoms with Crippen LogP contribution in [-0.2, 0) is 11.3 Å². The zero-order chi connectivity index (χ0) is 21.1. The first-order valence-corrected chi connectivity index (χ1v) is 10.0. The summed E-state index contributed by atoms with van der Waals surface area (Å²) in [7, 11) is 0. The molecule has 1 aromatic carbocycles. The van der Waals surface area contributed by atoms with E-state index in [1.807, 2.05) is 13.8 Å². The first kappa shape index (κ1) is 21.1. The van der Waals surface area contributed by atoms with Gasteiger partial charge in [-0.2, -0.15) is 0 Å². The average Bonchev–Trinajstić information content (AvgIpc) is 3.25. The molecular weight excluding hydrogens is 420 g/mol. The number of halogens is 1. The standard InChI is InChI=1S/C19H19ClN2O6S/c1-3-10(2)17-21-18(29-5-4-15(23)24)16(19(25)26)22(17)8-11-6-13-14(7-12(11)20)28-9-27-13/h4-7,10H,3,8-9H2,1-2H3,(H,23,24)(H,25,26). The first-order valence-electron chi connectivity index (χ1n) is 8.79. The van der Waals surface area contributed by atoms with Crippen LogP contribution in [0.25, 0.3) is 0 Å². The fourth-order valence-electron chi connectivity index (χ4n) is 2.86. The van der Waals surface area contributed by atoms with Crippen molar-refractivity contribution in [2.45, 2.75) is 37.8 Å². The van der Waals surface area contributed by atoms with Crippen LogP contribution >= 0.6 is 23.4 Å². The van der Waals surface area contributed by atoms with Gasteiger partial charge < -0.3 is 24.3 Å². The zero-order valence-corrected chi connectivity index (χ0v) is 17.3. The lowest BCUT2D eigenvalue weighted by molar-refractivity contribution is -0.131. The van der Waals surface area contributed by atoms with Crippen LogP contribution in [0.3, 0.4) is 0 Å². The predicted molar refractivity (Wildman–Crippen MR) is 107 cm³/mol. The molecule has 8 nitrogen and oxygen atoms in total. The second-order valence-electron chi connectivity index (χ2n) is 6.38. The summed E-state index contributed by atoms with van der Waals surface area (Å²) < 4.78 is 12.3. The fourth-order valence-corrected chi connectivity index (χ4v) is 3.84. The third-order valence-electron chi connectivity index (χ3n) is 4.48.